The number of nitrogens with zero attached hydrogens (tertiary/aromatic N) is 2. The number of anilines is 1. The molecule has 1 aliphatic heterocycles. The predicted octanol–water partition coefficient (Wildman–Crippen LogP) is 2.66. The topological polar surface area (TPSA) is 23.6 Å². The van der Waals surface area contributed by atoms with E-state index >= 15 is 0 Å². The highest BCUT2D eigenvalue weighted by Gasteiger charge is 2.29. The van der Waals surface area contributed by atoms with Crippen LogP contribution in [-0.4, -0.2) is 37.0 Å². The molecule has 20 heavy (non-hydrogen) atoms. The van der Waals surface area contributed by atoms with Gasteiger partial charge < -0.3 is 9.80 Å². The van der Waals surface area contributed by atoms with Crippen LogP contribution in [0.5, 0.6) is 0 Å². The Balaban J connectivity index is 1.58. The monoisotopic (exact) mass is 276 g/mol. The Morgan fingerprint density at radius 3 is 2.45 bits per heavy atom. The van der Waals surface area contributed by atoms with E-state index in [0.717, 1.165) is 44.7 Å². The van der Waals surface area contributed by atoms with Crippen LogP contribution in [0, 0.1) is 11.7 Å². The summed E-state index contributed by atoms with van der Waals surface area (Å²) in [7, 11) is 0. The SMILES string of the molecule is O=C(C1CCCC1)N1CCN(c2cccc(F)c2)CC1. The van der Waals surface area contributed by atoms with E-state index in [1.54, 1.807) is 12.1 Å². The maximum atomic E-state index is 13.2. The van der Waals surface area contributed by atoms with Crippen LogP contribution in [0.3, 0.4) is 0 Å². The Hall–Kier alpha value is -1.58. The van der Waals surface area contributed by atoms with E-state index in [1.807, 2.05) is 11.0 Å². The van der Waals surface area contributed by atoms with Crippen molar-refractivity contribution in [1.82, 2.24) is 4.90 Å². The van der Waals surface area contributed by atoms with Crippen molar-refractivity contribution in [3.63, 3.8) is 0 Å². The molecular formula is C16H21FN2O. The normalized spacial score (nSPS) is 20.4. The van der Waals surface area contributed by atoms with Gasteiger partial charge in [0.2, 0.25) is 5.91 Å². The summed E-state index contributed by atoms with van der Waals surface area (Å²) in [6, 6.07) is 6.69. The maximum absolute atomic E-state index is 13.2. The number of rotatable bonds is 2. The summed E-state index contributed by atoms with van der Waals surface area (Å²) in [5.74, 6) is 0.393. The molecule has 3 rings (SSSR count). The molecule has 0 atom stereocenters. The molecule has 1 aliphatic carbocycles. The van der Waals surface area contributed by atoms with E-state index in [4.69, 9.17) is 0 Å². The van der Waals surface area contributed by atoms with Gasteiger partial charge in [0.1, 0.15) is 5.82 Å². The quantitative estimate of drug-likeness (QED) is 0.829. The lowest BCUT2D eigenvalue weighted by Gasteiger charge is -2.37. The zero-order valence-corrected chi connectivity index (χ0v) is 11.7. The van der Waals surface area contributed by atoms with Crippen molar-refractivity contribution in [2.45, 2.75) is 25.7 Å². The molecule has 4 heteroatoms. The Morgan fingerprint density at radius 1 is 1.10 bits per heavy atom. The predicted molar refractivity (Wildman–Crippen MR) is 77.2 cm³/mol. The fourth-order valence-corrected chi connectivity index (χ4v) is 3.29. The Bertz CT molecular complexity index is 477. The Labute approximate surface area is 119 Å². The third-order valence-corrected chi connectivity index (χ3v) is 4.47. The summed E-state index contributed by atoms with van der Waals surface area (Å²) in [5.41, 5.74) is 0.915. The highest BCUT2D eigenvalue weighted by atomic mass is 19.1. The molecule has 1 amide bonds. The number of hydrogen-bond acceptors (Lipinski definition) is 2. The van der Waals surface area contributed by atoms with Gasteiger partial charge in [-0.05, 0) is 31.0 Å². The number of amides is 1. The standard InChI is InChI=1S/C16H21FN2O/c17-14-6-3-7-15(12-14)18-8-10-19(11-9-18)16(20)13-4-1-2-5-13/h3,6-7,12-13H,1-2,4-5,8-11H2. The third kappa shape index (κ3) is 2.79. The number of carbonyl (C=O) groups excluding carboxylic acids is 1. The second kappa shape index (κ2) is 5.81. The molecule has 1 saturated heterocycles. The number of piperazine rings is 1. The van der Waals surface area contributed by atoms with Gasteiger partial charge in [0.25, 0.3) is 0 Å². The molecule has 0 radical (unpaired) electrons. The smallest absolute Gasteiger partial charge is 0.225 e. The number of hydrogen-bond donors (Lipinski definition) is 0. The third-order valence-electron chi connectivity index (χ3n) is 4.47. The lowest BCUT2D eigenvalue weighted by Crippen LogP contribution is -2.50. The van der Waals surface area contributed by atoms with Crippen LogP contribution in [0.2, 0.25) is 0 Å². The van der Waals surface area contributed by atoms with Gasteiger partial charge in [-0.15, -0.1) is 0 Å². The molecule has 1 heterocycles. The Kier molecular flexibility index (Phi) is 3.90. The van der Waals surface area contributed by atoms with E-state index in [2.05, 4.69) is 4.90 Å². The molecule has 0 unspecified atom stereocenters. The van der Waals surface area contributed by atoms with Gasteiger partial charge in [-0.3, -0.25) is 4.79 Å². The van der Waals surface area contributed by atoms with Crippen molar-refractivity contribution >= 4 is 11.6 Å². The zero-order valence-electron chi connectivity index (χ0n) is 11.7. The maximum Gasteiger partial charge on any atom is 0.225 e. The molecular weight excluding hydrogens is 255 g/mol. The minimum Gasteiger partial charge on any atom is -0.368 e. The summed E-state index contributed by atoms with van der Waals surface area (Å²) in [6.45, 7) is 3.10. The van der Waals surface area contributed by atoms with E-state index in [9.17, 15) is 9.18 Å². The number of benzene rings is 1. The molecule has 0 aromatic heterocycles. The average Bonchev–Trinajstić information content (AvgIpc) is 3.01. The second-order valence-corrected chi connectivity index (χ2v) is 5.77. The lowest BCUT2D eigenvalue weighted by molar-refractivity contribution is -0.135. The molecule has 1 aromatic rings. The van der Waals surface area contributed by atoms with Gasteiger partial charge in [0, 0.05) is 37.8 Å². The van der Waals surface area contributed by atoms with E-state index in [-0.39, 0.29) is 11.7 Å². The first-order valence-corrected chi connectivity index (χ1v) is 7.53. The fraction of sp³-hybridized carbons (Fsp3) is 0.562. The van der Waals surface area contributed by atoms with Crippen LogP contribution in [-0.2, 0) is 4.79 Å². The largest absolute Gasteiger partial charge is 0.368 e. The summed E-state index contributed by atoms with van der Waals surface area (Å²) >= 11 is 0. The van der Waals surface area contributed by atoms with Crippen molar-refractivity contribution in [2.75, 3.05) is 31.1 Å². The van der Waals surface area contributed by atoms with Gasteiger partial charge in [-0.2, -0.15) is 0 Å². The van der Waals surface area contributed by atoms with Crippen LogP contribution in [0.4, 0.5) is 10.1 Å². The van der Waals surface area contributed by atoms with Gasteiger partial charge in [-0.25, -0.2) is 4.39 Å². The minimum absolute atomic E-state index is 0.202. The first-order chi connectivity index (χ1) is 9.74. The molecule has 108 valence electrons. The van der Waals surface area contributed by atoms with E-state index < -0.39 is 0 Å². The van der Waals surface area contributed by atoms with Crippen molar-refractivity contribution in [3.8, 4) is 0 Å². The second-order valence-electron chi connectivity index (χ2n) is 5.77. The fourth-order valence-electron chi connectivity index (χ4n) is 3.29. The van der Waals surface area contributed by atoms with E-state index in [1.165, 1.54) is 18.9 Å². The van der Waals surface area contributed by atoms with Crippen molar-refractivity contribution in [3.05, 3.63) is 30.1 Å². The highest BCUT2D eigenvalue weighted by molar-refractivity contribution is 5.79. The van der Waals surface area contributed by atoms with Gasteiger partial charge in [-0.1, -0.05) is 18.9 Å². The first-order valence-electron chi connectivity index (χ1n) is 7.53. The first kappa shape index (κ1) is 13.4. The van der Waals surface area contributed by atoms with Crippen molar-refractivity contribution in [1.29, 1.82) is 0 Å². The Morgan fingerprint density at radius 2 is 1.80 bits per heavy atom. The summed E-state index contributed by atoms with van der Waals surface area (Å²) < 4.78 is 13.2. The molecule has 2 aliphatic rings. The molecule has 1 aromatic carbocycles. The molecule has 2 fully saturated rings. The molecule has 0 bridgehead atoms. The average molecular weight is 276 g/mol. The van der Waals surface area contributed by atoms with Crippen LogP contribution in [0.25, 0.3) is 0 Å². The zero-order chi connectivity index (χ0) is 13.9. The van der Waals surface area contributed by atoms with Crippen molar-refractivity contribution < 1.29 is 9.18 Å². The number of carbonyl (C=O) groups is 1. The lowest BCUT2D eigenvalue weighted by atomic mass is 10.1. The molecule has 1 saturated carbocycles. The van der Waals surface area contributed by atoms with E-state index in [0.29, 0.717) is 5.91 Å². The van der Waals surface area contributed by atoms with Crippen LogP contribution < -0.4 is 4.90 Å². The molecule has 3 nitrogen and oxygen atoms in total. The van der Waals surface area contributed by atoms with Crippen LogP contribution in [0.15, 0.2) is 24.3 Å². The van der Waals surface area contributed by atoms with Gasteiger partial charge in [0.15, 0.2) is 0 Å². The number of halogens is 1. The summed E-state index contributed by atoms with van der Waals surface area (Å²) in [5, 5.41) is 0. The van der Waals surface area contributed by atoms with Crippen LogP contribution in [0.1, 0.15) is 25.7 Å². The minimum atomic E-state index is -0.202. The van der Waals surface area contributed by atoms with Gasteiger partial charge in [0.05, 0.1) is 0 Å². The highest BCUT2D eigenvalue weighted by Crippen LogP contribution is 2.27. The summed E-state index contributed by atoms with van der Waals surface area (Å²) in [4.78, 5) is 16.5. The van der Waals surface area contributed by atoms with Gasteiger partial charge >= 0.3 is 0 Å². The van der Waals surface area contributed by atoms with Crippen LogP contribution >= 0.6 is 0 Å². The van der Waals surface area contributed by atoms with Crippen molar-refractivity contribution in [2.24, 2.45) is 5.92 Å². The molecule has 0 spiro atoms. The molecule has 0 N–H and O–H groups in total. The summed E-state index contributed by atoms with van der Waals surface area (Å²) in [6.07, 6.45) is 4.51.